The monoisotopic (exact) mass is 760 g/mol. The first-order valence-corrected chi connectivity index (χ1v) is 19.5. The number of amides is 3. The Bertz CT molecular complexity index is 1900. The SMILES string of the molecule is C=C[C@H]1C[C@]1(NC(=O)[C@@H]1C[C@@H]2CN1C(=O)[C@@H](CCCC(F)(F)F)CC(=O)OCCCC/C=C/c1ccc3ccnc(c3c1)O2)C(=O)NS(=O)(=O)C1CC1. The summed E-state index contributed by atoms with van der Waals surface area (Å²) in [6.07, 6.45) is 1.96. The molecule has 5 atom stereocenters. The van der Waals surface area contributed by atoms with E-state index in [9.17, 15) is 40.8 Å². The Kier molecular flexibility index (Phi) is 11.2. The second kappa shape index (κ2) is 15.5. The van der Waals surface area contributed by atoms with Gasteiger partial charge < -0.3 is 19.7 Å². The van der Waals surface area contributed by atoms with Crippen molar-refractivity contribution in [3.05, 3.63) is 54.8 Å². The highest BCUT2D eigenvalue weighted by atomic mass is 32.2. The molecule has 4 aliphatic rings. The average molecular weight is 761 g/mol. The van der Waals surface area contributed by atoms with Crippen molar-refractivity contribution in [3.63, 3.8) is 0 Å². The zero-order valence-electron chi connectivity index (χ0n) is 29.1. The largest absolute Gasteiger partial charge is 0.472 e. The van der Waals surface area contributed by atoms with Crippen molar-refractivity contribution in [3.8, 4) is 5.88 Å². The lowest BCUT2D eigenvalue weighted by molar-refractivity contribution is -0.151. The van der Waals surface area contributed by atoms with Crippen LogP contribution in [-0.2, 0) is 33.9 Å². The van der Waals surface area contributed by atoms with Gasteiger partial charge in [-0.25, -0.2) is 13.4 Å². The number of benzene rings is 1. The molecule has 0 spiro atoms. The predicted molar refractivity (Wildman–Crippen MR) is 187 cm³/mol. The quantitative estimate of drug-likeness (QED) is 0.272. The van der Waals surface area contributed by atoms with Gasteiger partial charge in [-0.15, -0.1) is 6.58 Å². The predicted octanol–water partition coefficient (Wildman–Crippen LogP) is 4.73. The van der Waals surface area contributed by atoms with E-state index in [1.54, 1.807) is 6.20 Å². The van der Waals surface area contributed by atoms with E-state index < -0.39 is 93.9 Å². The highest BCUT2D eigenvalue weighted by Gasteiger charge is 2.62. The molecule has 3 fully saturated rings. The summed E-state index contributed by atoms with van der Waals surface area (Å²) < 4.78 is 78.6. The number of hydrogen-bond donors (Lipinski definition) is 2. The van der Waals surface area contributed by atoms with Crippen molar-refractivity contribution in [1.29, 1.82) is 0 Å². The molecule has 2 saturated carbocycles. The minimum atomic E-state index is -4.49. The van der Waals surface area contributed by atoms with Crippen molar-refractivity contribution < 1.29 is 50.2 Å². The number of ether oxygens (including phenoxy) is 2. The maximum atomic E-state index is 14.3. The summed E-state index contributed by atoms with van der Waals surface area (Å²) in [6.45, 7) is 3.60. The lowest BCUT2D eigenvalue weighted by Gasteiger charge is -2.29. The van der Waals surface area contributed by atoms with E-state index in [0.29, 0.717) is 37.5 Å². The summed E-state index contributed by atoms with van der Waals surface area (Å²) >= 11 is 0. The Morgan fingerprint density at radius 2 is 1.94 bits per heavy atom. The smallest absolute Gasteiger partial charge is 0.389 e. The molecule has 6 rings (SSSR count). The molecule has 1 saturated heterocycles. The molecule has 12 nitrogen and oxygen atoms in total. The van der Waals surface area contributed by atoms with Crippen molar-refractivity contribution in [2.45, 2.75) is 99.7 Å². The van der Waals surface area contributed by atoms with Crippen LogP contribution in [0.3, 0.4) is 0 Å². The number of pyridine rings is 1. The maximum absolute atomic E-state index is 14.3. The summed E-state index contributed by atoms with van der Waals surface area (Å²) in [5, 5.41) is 3.51. The molecule has 2 aromatic rings. The lowest BCUT2D eigenvalue weighted by Crippen LogP contribution is -2.57. The Balaban J connectivity index is 1.31. The van der Waals surface area contributed by atoms with Crippen molar-refractivity contribution in [2.24, 2.45) is 11.8 Å². The first-order chi connectivity index (χ1) is 25.2. The molecule has 2 aliphatic heterocycles. The van der Waals surface area contributed by atoms with Gasteiger partial charge >= 0.3 is 12.1 Å². The molecule has 1 aromatic heterocycles. The normalized spacial score (nSPS) is 27.5. The molecule has 1 aromatic carbocycles. The second-order valence-corrected chi connectivity index (χ2v) is 16.2. The fourth-order valence-electron chi connectivity index (χ4n) is 7.03. The number of aromatic nitrogens is 1. The van der Waals surface area contributed by atoms with Gasteiger partial charge in [-0.05, 0) is 74.4 Å². The molecule has 0 radical (unpaired) electrons. The number of allylic oxidation sites excluding steroid dienone is 1. The third-order valence-corrected chi connectivity index (χ3v) is 12.1. The first kappa shape index (κ1) is 38.3. The number of hydrogen-bond acceptors (Lipinski definition) is 9. The van der Waals surface area contributed by atoms with Crippen LogP contribution in [0.4, 0.5) is 13.2 Å². The zero-order chi connectivity index (χ0) is 38.0. The zero-order valence-corrected chi connectivity index (χ0v) is 29.9. The van der Waals surface area contributed by atoms with Gasteiger partial charge in [-0.2, -0.15) is 13.2 Å². The Morgan fingerprint density at radius 3 is 2.66 bits per heavy atom. The van der Waals surface area contributed by atoms with Gasteiger partial charge in [0.1, 0.15) is 17.7 Å². The number of esters is 1. The van der Waals surface area contributed by atoms with Gasteiger partial charge in [0.05, 0.1) is 24.8 Å². The van der Waals surface area contributed by atoms with Gasteiger partial charge in [-0.3, -0.25) is 23.9 Å². The van der Waals surface area contributed by atoms with E-state index in [1.807, 2.05) is 36.4 Å². The molecule has 16 heteroatoms. The molecule has 2 N–H and O–H groups in total. The van der Waals surface area contributed by atoms with Gasteiger partial charge in [-0.1, -0.05) is 30.4 Å². The number of rotatable bonds is 9. The molecular weight excluding hydrogens is 717 g/mol. The van der Waals surface area contributed by atoms with Crippen LogP contribution in [0.15, 0.2) is 49.2 Å². The standard InChI is InChI=1S/C37H43F3N4O8S/c1-2-26-21-36(26,35(48)43-53(49,50)28-12-13-28)42-32(46)30-20-27-22-44(30)34(47)25(9-7-15-37(38,39)40)19-31(45)51-17-6-4-3-5-8-23-10-11-24-14-16-41-33(52-27)29(24)18-23/h2,5,8,10-11,14,16,18,25-28,30H,1,3-4,6-7,9,12-13,15,17,19-22H2,(H,42,46)(H,43,48)/b8-5+/t25-,26-,27+,30-,36+/m0/s1. The summed E-state index contributed by atoms with van der Waals surface area (Å²) in [7, 11) is -3.96. The number of alkyl halides is 3. The molecule has 3 heterocycles. The average Bonchev–Trinajstić information content (AvgIpc) is 4.03. The third-order valence-electron chi connectivity index (χ3n) is 10.2. The fourth-order valence-corrected chi connectivity index (χ4v) is 8.40. The number of cyclic esters (lactones) is 1. The van der Waals surface area contributed by atoms with E-state index in [4.69, 9.17) is 9.47 Å². The van der Waals surface area contributed by atoms with Crippen molar-refractivity contribution in [1.82, 2.24) is 19.9 Å². The minimum absolute atomic E-state index is 0.0664. The molecule has 2 aliphatic carbocycles. The summed E-state index contributed by atoms with van der Waals surface area (Å²) in [5.74, 6) is -4.79. The minimum Gasteiger partial charge on any atom is -0.472 e. The topological polar surface area (TPSA) is 161 Å². The van der Waals surface area contributed by atoms with Crippen LogP contribution >= 0.6 is 0 Å². The van der Waals surface area contributed by atoms with Crippen LogP contribution in [-0.4, -0.2) is 84.3 Å². The van der Waals surface area contributed by atoms with Crippen LogP contribution in [0, 0.1) is 11.8 Å². The number of fused-ring (bicyclic) bond motifs is 3. The third kappa shape index (κ3) is 9.19. The van der Waals surface area contributed by atoms with Gasteiger partial charge in [0.15, 0.2) is 0 Å². The number of carbonyl (C=O) groups is 4. The van der Waals surface area contributed by atoms with Crippen LogP contribution in [0.25, 0.3) is 16.8 Å². The van der Waals surface area contributed by atoms with Crippen LogP contribution in [0.1, 0.15) is 76.2 Å². The molecule has 286 valence electrons. The Morgan fingerprint density at radius 1 is 1.15 bits per heavy atom. The van der Waals surface area contributed by atoms with E-state index in [0.717, 1.165) is 10.9 Å². The number of nitrogens with one attached hydrogen (secondary N) is 2. The number of carbonyl (C=O) groups excluding carboxylic acids is 4. The summed E-state index contributed by atoms with van der Waals surface area (Å²) in [6, 6.07) is 6.29. The van der Waals surface area contributed by atoms with Gasteiger partial charge in [0.25, 0.3) is 5.91 Å². The van der Waals surface area contributed by atoms with Gasteiger partial charge in [0, 0.05) is 36.3 Å². The van der Waals surface area contributed by atoms with Gasteiger partial charge in [0.2, 0.25) is 27.7 Å². The molecule has 0 unspecified atom stereocenters. The number of halogens is 3. The highest BCUT2D eigenvalue weighted by molar-refractivity contribution is 7.91. The summed E-state index contributed by atoms with van der Waals surface area (Å²) in [4.78, 5) is 60.4. The molecule has 4 bridgehead atoms. The number of nitrogens with zero attached hydrogens (tertiary/aromatic N) is 2. The van der Waals surface area contributed by atoms with Crippen LogP contribution < -0.4 is 14.8 Å². The maximum Gasteiger partial charge on any atom is 0.389 e. The lowest BCUT2D eigenvalue weighted by atomic mass is 9.96. The van der Waals surface area contributed by atoms with Crippen molar-refractivity contribution in [2.75, 3.05) is 13.2 Å². The molecule has 3 amide bonds. The second-order valence-electron chi connectivity index (χ2n) is 14.3. The van der Waals surface area contributed by atoms with E-state index >= 15 is 0 Å². The van der Waals surface area contributed by atoms with E-state index in [2.05, 4.69) is 21.6 Å². The van der Waals surface area contributed by atoms with E-state index in [-0.39, 0.29) is 38.3 Å². The van der Waals surface area contributed by atoms with E-state index in [1.165, 1.54) is 11.0 Å². The Hall–Kier alpha value is -4.47. The van der Waals surface area contributed by atoms with Crippen molar-refractivity contribution >= 4 is 50.6 Å². The highest BCUT2D eigenvalue weighted by Crippen LogP contribution is 2.45. The van der Waals surface area contributed by atoms with Crippen LogP contribution in [0.2, 0.25) is 0 Å². The number of sulfonamides is 1. The Labute approximate surface area is 305 Å². The molecular formula is C37H43F3N4O8S. The first-order valence-electron chi connectivity index (χ1n) is 17.9. The fraction of sp³-hybridized carbons (Fsp3) is 0.541. The summed E-state index contributed by atoms with van der Waals surface area (Å²) in [5.41, 5.74) is -0.758. The molecule has 53 heavy (non-hydrogen) atoms. The van der Waals surface area contributed by atoms with Crippen LogP contribution in [0.5, 0.6) is 5.88 Å².